The third-order valence-electron chi connectivity index (χ3n) is 1.58. The Kier molecular flexibility index (Phi) is 2.68. The van der Waals surface area contributed by atoms with Crippen LogP contribution in [0.4, 0.5) is 0 Å². The molecule has 0 aliphatic rings. The summed E-state index contributed by atoms with van der Waals surface area (Å²) in [5.41, 5.74) is 0.901. The summed E-state index contributed by atoms with van der Waals surface area (Å²) in [4.78, 5) is 0. The third kappa shape index (κ3) is 2.37. The predicted molar refractivity (Wildman–Crippen MR) is 40.1 cm³/mol. The van der Waals surface area contributed by atoms with Crippen molar-refractivity contribution in [3.8, 4) is 0 Å². The molecule has 0 bridgehead atoms. The van der Waals surface area contributed by atoms with E-state index in [1.165, 1.54) is 0 Å². The van der Waals surface area contributed by atoms with Gasteiger partial charge in [0.2, 0.25) is 0 Å². The van der Waals surface area contributed by atoms with Gasteiger partial charge in [-0.15, -0.1) is 0 Å². The summed E-state index contributed by atoms with van der Waals surface area (Å²) >= 11 is 0. The molecule has 0 spiro atoms. The molecular weight excluding hydrogens is 144 g/mol. The standard InChI is InChI=1S/C8H12O3/c1-6(9)8(10)4-7-2-3-11-5-7/h2-3,5-6,8-10H,4H2,1H3. The Balaban J connectivity index is 2.43. The van der Waals surface area contributed by atoms with Gasteiger partial charge in [0.05, 0.1) is 24.7 Å². The van der Waals surface area contributed by atoms with Gasteiger partial charge in [-0.3, -0.25) is 0 Å². The highest BCUT2D eigenvalue weighted by Gasteiger charge is 2.11. The summed E-state index contributed by atoms with van der Waals surface area (Å²) in [5.74, 6) is 0. The lowest BCUT2D eigenvalue weighted by atomic mass is 10.1. The van der Waals surface area contributed by atoms with Gasteiger partial charge in [-0.2, -0.15) is 0 Å². The third-order valence-corrected chi connectivity index (χ3v) is 1.58. The molecule has 2 N–H and O–H groups in total. The summed E-state index contributed by atoms with van der Waals surface area (Å²) < 4.78 is 4.80. The zero-order valence-corrected chi connectivity index (χ0v) is 6.40. The van der Waals surface area contributed by atoms with Crippen molar-refractivity contribution in [2.24, 2.45) is 0 Å². The lowest BCUT2D eigenvalue weighted by molar-refractivity contribution is 0.0319. The van der Waals surface area contributed by atoms with Crippen molar-refractivity contribution in [2.45, 2.75) is 25.6 Å². The molecule has 1 aromatic heterocycles. The van der Waals surface area contributed by atoms with Gasteiger partial charge in [-0.1, -0.05) is 0 Å². The van der Waals surface area contributed by atoms with Crippen LogP contribution >= 0.6 is 0 Å². The van der Waals surface area contributed by atoms with E-state index in [9.17, 15) is 5.11 Å². The van der Waals surface area contributed by atoms with Crippen molar-refractivity contribution >= 4 is 0 Å². The van der Waals surface area contributed by atoms with Gasteiger partial charge in [0, 0.05) is 6.42 Å². The fraction of sp³-hybridized carbons (Fsp3) is 0.500. The van der Waals surface area contributed by atoms with E-state index in [1.807, 2.05) is 0 Å². The van der Waals surface area contributed by atoms with Crippen molar-refractivity contribution in [1.29, 1.82) is 0 Å². The zero-order chi connectivity index (χ0) is 8.27. The van der Waals surface area contributed by atoms with Crippen molar-refractivity contribution in [1.82, 2.24) is 0 Å². The second kappa shape index (κ2) is 3.55. The number of hydrogen-bond acceptors (Lipinski definition) is 3. The average molecular weight is 156 g/mol. The van der Waals surface area contributed by atoms with Crippen LogP contribution in [0.25, 0.3) is 0 Å². The highest BCUT2D eigenvalue weighted by molar-refractivity contribution is 5.06. The second-order valence-corrected chi connectivity index (χ2v) is 2.64. The van der Waals surface area contributed by atoms with Gasteiger partial charge in [-0.25, -0.2) is 0 Å². The molecule has 2 atom stereocenters. The van der Waals surface area contributed by atoms with Crippen molar-refractivity contribution in [2.75, 3.05) is 0 Å². The van der Waals surface area contributed by atoms with Crippen molar-refractivity contribution in [3.05, 3.63) is 24.2 Å². The Morgan fingerprint density at radius 3 is 2.73 bits per heavy atom. The van der Waals surface area contributed by atoms with Crippen LogP contribution in [0.1, 0.15) is 12.5 Å². The second-order valence-electron chi connectivity index (χ2n) is 2.64. The van der Waals surface area contributed by atoms with Gasteiger partial charge in [0.25, 0.3) is 0 Å². The van der Waals surface area contributed by atoms with Crippen LogP contribution in [0.5, 0.6) is 0 Å². The average Bonchev–Trinajstić information content (AvgIpc) is 2.39. The number of rotatable bonds is 3. The maximum Gasteiger partial charge on any atom is 0.0935 e. The molecule has 62 valence electrons. The molecule has 3 heteroatoms. The lowest BCUT2D eigenvalue weighted by Crippen LogP contribution is -2.24. The maximum absolute atomic E-state index is 9.21. The van der Waals surface area contributed by atoms with E-state index in [0.29, 0.717) is 6.42 Å². The molecule has 0 radical (unpaired) electrons. The maximum atomic E-state index is 9.21. The van der Waals surface area contributed by atoms with E-state index in [-0.39, 0.29) is 0 Å². The molecule has 0 saturated heterocycles. The van der Waals surface area contributed by atoms with Crippen LogP contribution in [-0.2, 0) is 6.42 Å². The largest absolute Gasteiger partial charge is 0.472 e. The molecule has 11 heavy (non-hydrogen) atoms. The van der Waals surface area contributed by atoms with E-state index >= 15 is 0 Å². The first-order valence-corrected chi connectivity index (χ1v) is 3.57. The van der Waals surface area contributed by atoms with Crippen molar-refractivity contribution in [3.63, 3.8) is 0 Å². The van der Waals surface area contributed by atoms with Crippen LogP contribution in [0.15, 0.2) is 23.0 Å². The molecule has 2 unspecified atom stereocenters. The molecule has 0 aliphatic heterocycles. The highest BCUT2D eigenvalue weighted by atomic mass is 16.3. The fourth-order valence-electron chi connectivity index (χ4n) is 0.821. The molecule has 1 rings (SSSR count). The number of furan rings is 1. The summed E-state index contributed by atoms with van der Waals surface area (Å²) in [5, 5.41) is 18.1. The minimum atomic E-state index is -0.701. The van der Waals surface area contributed by atoms with E-state index in [0.717, 1.165) is 5.56 Å². The number of hydrogen-bond donors (Lipinski definition) is 2. The molecule has 0 amide bonds. The molecule has 0 aromatic carbocycles. The van der Waals surface area contributed by atoms with Gasteiger partial charge >= 0.3 is 0 Å². The van der Waals surface area contributed by atoms with Gasteiger partial charge in [0.15, 0.2) is 0 Å². The van der Waals surface area contributed by atoms with Gasteiger partial charge < -0.3 is 14.6 Å². The lowest BCUT2D eigenvalue weighted by Gasteiger charge is -2.11. The van der Waals surface area contributed by atoms with E-state index in [4.69, 9.17) is 9.52 Å². The smallest absolute Gasteiger partial charge is 0.0935 e. The molecule has 1 heterocycles. The summed E-state index contributed by atoms with van der Waals surface area (Å²) in [7, 11) is 0. The molecule has 1 aromatic rings. The Labute approximate surface area is 65.3 Å². The van der Waals surface area contributed by atoms with Crippen LogP contribution in [0, 0.1) is 0 Å². The number of aliphatic hydroxyl groups is 2. The summed E-state index contributed by atoms with van der Waals surface area (Å²) in [6.45, 7) is 1.56. The Hall–Kier alpha value is -0.800. The fourth-order valence-corrected chi connectivity index (χ4v) is 0.821. The SMILES string of the molecule is CC(O)C(O)Cc1ccoc1. The quantitative estimate of drug-likeness (QED) is 0.672. The van der Waals surface area contributed by atoms with Crippen molar-refractivity contribution < 1.29 is 14.6 Å². The first-order valence-electron chi connectivity index (χ1n) is 3.57. The van der Waals surface area contributed by atoms with Crippen LogP contribution < -0.4 is 0 Å². The molecular formula is C8H12O3. The minimum absolute atomic E-state index is 0.439. The van der Waals surface area contributed by atoms with Crippen LogP contribution in [0.2, 0.25) is 0 Å². The topological polar surface area (TPSA) is 53.6 Å². The molecule has 3 nitrogen and oxygen atoms in total. The minimum Gasteiger partial charge on any atom is -0.472 e. The van der Waals surface area contributed by atoms with Crippen LogP contribution in [0.3, 0.4) is 0 Å². The monoisotopic (exact) mass is 156 g/mol. The Morgan fingerprint density at radius 2 is 2.27 bits per heavy atom. The predicted octanol–water partition coefficient (Wildman–Crippen LogP) is 0.564. The van der Waals surface area contributed by atoms with Gasteiger partial charge in [0.1, 0.15) is 0 Å². The highest BCUT2D eigenvalue weighted by Crippen LogP contribution is 2.06. The zero-order valence-electron chi connectivity index (χ0n) is 6.40. The Morgan fingerprint density at radius 1 is 1.55 bits per heavy atom. The Bertz CT molecular complexity index is 191. The molecule has 0 saturated carbocycles. The molecule has 0 aliphatic carbocycles. The first-order chi connectivity index (χ1) is 5.20. The molecule has 0 fully saturated rings. The summed E-state index contributed by atoms with van der Waals surface area (Å²) in [6, 6.07) is 1.77. The van der Waals surface area contributed by atoms with E-state index in [1.54, 1.807) is 25.5 Å². The van der Waals surface area contributed by atoms with Gasteiger partial charge in [-0.05, 0) is 18.6 Å². The number of aliphatic hydroxyl groups excluding tert-OH is 2. The van der Waals surface area contributed by atoms with E-state index < -0.39 is 12.2 Å². The summed E-state index contributed by atoms with van der Waals surface area (Å²) in [6.07, 6.45) is 2.15. The first kappa shape index (κ1) is 8.30. The normalized spacial score (nSPS) is 16.3. The van der Waals surface area contributed by atoms with Crippen LogP contribution in [-0.4, -0.2) is 22.4 Å². The van der Waals surface area contributed by atoms with E-state index in [2.05, 4.69) is 0 Å².